The molecule has 0 bridgehead atoms. The van der Waals surface area contributed by atoms with Crippen molar-refractivity contribution in [2.24, 2.45) is 0 Å². The van der Waals surface area contributed by atoms with Crippen LogP contribution in [-0.2, 0) is 6.54 Å². The van der Waals surface area contributed by atoms with Crippen LogP contribution in [0.5, 0.6) is 0 Å². The molecule has 0 heterocycles. The fraction of sp³-hybridized carbons (Fsp3) is 0.455. The highest BCUT2D eigenvalue weighted by Crippen LogP contribution is 2.15. The van der Waals surface area contributed by atoms with E-state index in [-0.39, 0.29) is 12.6 Å². The van der Waals surface area contributed by atoms with Gasteiger partial charge in [0.25, 0.3) is 0 Å². The minimum absolute atomic E-state index is 0.151. The lowest BCUT2D eigenvalue weighted by molar-refractivity contribution is 0.251. The van der Waals surface area contributed by atoms with Crippen LogP contribution in [0.1, 0.15) is 18.1 Å². The second kappa shape index (κ2) is 5.49. The molecule has 2 N–H and O–H groups in total. The lowest BCUT2D eigenvalue weighted by atomic mass is 10.1. The number of benzene rings is 1. The highest BCUT2D eigenvalue weighted by atomic mass is 79.9. The predicted octanol–water partition coefficient (Wildman–Crippen LogP) is 2.23. The summed E-state index contributed by atoms with van der Waals surface area (Å²) >= 11 is 3.43. The van der Waals surface area contributed by atoms with Crippen molar-refractivity contribution in [1.82, 2.24) is 5.32 Å². The molecule has 0 aliphatic rings. The molecule has 0 aliphatic carbocycles. The van der Waals surface area contributed by atoms with Gasteiger partial charge in [-0.15, -0.1) is 0 Å². The second-order valence-electron chi connectivity index (χ2n) is 3.54. The Balaban J connectivity index is 2.59. The molecule has 0 amide bonds. The molecule has 14 heavy (non-hydrogen) atoms. The molecule has 1 atom stereocenters. The summed E-state index contributed by atoms with van der Waals surface area (Å²) in [4.78, 5) is 0. The van der Waals surface area contributed by atoms with E-state index in [2.05, 4.69) is 40.3 Å². The summed E-state index contributed by atoms with van der Waals surface area (Å²) in [6.45, 7) is 5.04. The van der Waals surface area contributed by atoms with Gasteiger partial charge < -0.3 is 10.4 Å². The van der Waals surface area contributed by atoms with Crippen molar-refractivity contribution in [3.05, 3.63) is 33.8 Å². The smallest absolute Gasteiger partial charge is 0.0582 e. The van der Waals surface area contributed by atoms with E-state index in [4.69, 9.17) is 5.11 Å². The van der Waals surface area contributed by atoms with Gasteiger partial charge in [-0.3, -0.25) is 0 Å². The summed E-state index contributed by atoms with van der Waals surface area (Å²) in [5, 5.41) is 12.1. The summed E-state index contributed by atoms with van der Waals surface area (Å²) in [5.41, 5.74) is 2.53. The Morgan fingerprint density at radius 1 is 1.50 bits per heavy atom. The quantitative estimate of drug-likeness (QED) is 0.868. The zero-order valence-electron chi connectivity index (χ0n) is 8.55. The van der Waals surface area contributed by atoms with Crippen LogP contribution in [0.2, 0.25) is 0 Å². The number of hydrogen-bond donors (Lipinski definition) is 2. The predicted molar refractivity (Wildman–Crippen MR) is 62.3 cm³/mol. The number of aliphatic hydroxyl groups is 1. The van der Waals surface area contributed by atoms with Crippen molar-refractivity contribution in [3.8, 4) is 0 Å². The monoisotopic (exact) mass is 257 g/mol. The molecule has 0 saturated heterocycles. The van der Waals surface area contributed by atoms with Crippen molar-refractivity contribution in [1.29, 1.82) is 0 Å². The zero-order chi connectivity index (χ0) is 10.6. The fourth-order valence-corrected chi connectivity index (χ4v) is 1.68. The Bertz CT molecular complexity index is 301. The minimum atomic E-state index is 0.151. The Morgan fingerprint density at radius 2 is 2.21 bits per heavy atom. The largest absolute Gasteiger partial charge is 0.395 e. The maximum atomic E-state index is 8.86. The SMILES string of the molecule is Cc1cc(Br)ccc1CNC(C)CO. The van der Waals surface area contributed by atoms with E-state index >= 15 is 0 Å². The van der Waals surface area contributed by atoms with Crippen LogP contribution in [0, 0.1) is 6.92 Å². The van der Waals surface area contributed by atoms with Crippen molar-refractivity contribution in [3.63, 3.8) is 0 Å². The molecule has 1 rings (SSSR count). The number of nitrogens with one attached hydrogen (secondary N) is 1. The molecule has 1 unspecified atom stereocenters. The average Bonchev–Trinajstić information content (AvgIpc) is 2.16. The third-order valence-corrected chi connectivity index (χ3v) is 2.71. The van der Waals surface area contributed by atoms with Crippen molar-refractivity contribution < 1.29 is 5.11 Å². The third-order valence-electron chi connectivity index (χ3n) is 2.22. The molecule has 1 aromatic carbocycles. The van der Waals surface area contributed by atoms with Crippen molar-refractivity contribution in [2.45, 2.75) is 26.4 Å². The van der Waals surface area contributed by atoms with E-state index in [1.165, 1.54) is 11.1 Å². The van der Waals surface area contributed by atoms with Crippen LogP contribution in [0.15, 0.2) is 22.7 Å². The van der Waals surface area contributed by atoms with E-state index in [9.17, 15) is 0 Å². The lowest BCUT2D eigenvalue weighted by Crippen LogP contribution is -2.28. The molecule has 2 nitrogen and oxygen atoms in total. The van der Waals surface area contributed by atoms with Crippen LogP contribution in [-0.4, -0.2) is 17.8 Å². The normalized spacial score (nSPS) is 12.9. The van der Waals surface area contributed by atoms with E-state index in [0.29, 0.717) is 0 Å². The van der Waals surface area contributed by atoms with Gasteiger partial charge in [-0.1, -0.05) is 22.0 Å². The van der Waals surface area contributed by atoms with Gasteiger partial charge in [-0.2, -0.15) is 0 Å². The van der Waals surface area contributed by atoms with Gasteiger partial charge in [0.15, 0.2) is 0 Å². The summed E-state index contributed by atoms with van der Waals surface area (Å²) in [5.74, 6) is 0. The number of rotatable bonds is 4. The number of aliphatic hydroxyl groups excluding tert-OH is 1. The summed E-state index contributed by atoms with van der Waals surface area (Å²) < 4.78 is 1.11. The van der Waals surface area contributed by atoms with Gasteiger partial charge in [0.05, 0.1) is 6.61 Å². The Labute approximate surface area is 93.5 Å². The molecular formula is C11H16BrNO. The standard InChI is InChI=1S/C11H16BrNO/c1-8-5-11(12)4-3-10(8)6-13-9(2)7-14/h3-5,9,13-14H,6-7H2,1-2H3. The molecular weight excluding hydrogens is 242 g/mol. The van der Waals surface area contributed by atoms with Crippen molar-refractivity contribution in [2.75, 3.05) is 6.61 Å². The topological polar surface area (TPSA) is 32.3 Å². The molecule has 0 radical (unpaired) electrons. The van der Waals surface area contributed by atoms with E-state index in [0.717, 1.165) is 11.0 Å². The first-order valence-electron chi connectivity index (χ1n) is 4.72. The van der Waals surface area contributed by atoms with Crippen LogP contribution in [0.25, 0.3) is 0 Å². The molecule has 3 heteroatoms. The Hall–Kier alpha value is -0.380. The molecule has 78 valence electrons. The average molecular weight is 258 g/mol. The van der Waals surface area contributed by atoms with Gasteiger partial charge in [-0.05, 0) is 37.1 Å². The number of halogens is 1. The fourth-order valence-electron chi connectivity index (χ4n) is 1.21. The maximum absolute atomic E-state index is 8.86. The Kier molecular flexibility index (Phi) is 4.58. The maximum Gasteiger partial charge on any atom is 0.0582 e. The van der Waals surface area contributed by atoms with Crippen molar-refractivity contribution >= 4 is 15.9 Å². The summed E-state index contributed by atoms with van der Waals surface area (Å²) in [6.07, 6.45) is 0. The molecule has 1 aromatic rings. The van der Waals surface area contributed by atoms with Gasteiger partial charge in [-0.25, -0.2) is 0 Å². The van der Waals surface area contributed by atoms with Gasteiger partial charge >= 0.3 is 0 Å². The lowest BCUT2D eigenvalue weighted by Gasteiger charge is -2.12. The zero-order valence-corrected chi connectivity index (χ0v) is 10.1. The van der Waals surface area contributed by atoms with E-state index in [1.807, 2.05) is 13.0 Å². The van der Waals surface area contributed by atoms with Gasteiger partial charge in [0, 0.05) is 17.1 Å². The first kappa shape index (κ1) is 11.7. The summed E-state index contributed by atoms with van der Waals surface area (Å²) in [7, 11) is 0. The molecule has 0 fully saturated rings. The van der Waals surface area contributed by atoms with Crippen LogP contribution in [0.4, 0.5) is 0 Å². The second-order valence-corrected chi connectivity index (χ2v) is 4.45. The molecule has 0 saturated carbocycles. The van der Waals surface area contributed by atoms with Crippen LogP contribution in [0.3, 0.4) is 0 Å². The van der Waals surface area contributed by atoms with Crippen LogP contribution >= 0.6 is 15.9 Å². The first-order chi connectivity index (χ1) is 6.63. The molecule has 0 aromatic heterocycles. The Morgan fingerprint density at radius 3 is 2.79 bits per heavy atom. The third kappa shape index (κ3) is 3.40. The first-order valence-corrected chi connectivity index (χ1v) is 5.52. The highest BCUT2D eigenvalue weighted by molar-refractivity contribution is 9.10. The van der Waals surface area contributed by atoms with E-state index in [1.54, 1.807) is 0 Å². The minimum Gasteiger partial charge on any atom is -0.395 e. The summed E-state index contributed by atoms with van der Waals surface area (Å²) in [6, 6.07) is 6.38. The highest BCUT2D eigenvalue weighted by Gasteiger charge is 2.01. The van der Waals surface area contributed by atoms with Crippen LogP contribution < -0.4 is 5.32 Å². The van der Waals surface area contributed by atoms with E-state index < -0.39 is 0 Å². The molecule has 0 spiro atoms. The number of aryl methyl sites for hydroxylation is 1. The molecule has 0 aliphatic heterocycles. The van der Waals surface area contributed by atoms with Gasteiger partial charge in [0.1, 0.15) is 0 Å². The van der Waals surface area contributed by atoms with Gasteiger partial charge in [0.2, 0.25) is 0 Å². The number of hydrogen-bond acceptors (Lipinski definition) is 2.